The number of aromatic nitrogens is 3. The van der Waals surface area contributed by atoms with E-state index in [0.717, 1.165) is 52.8 Å². The Morgan fingerprint density at radius 2 is 1.77 bits per heavy atom. The van der Waals surface area contributed by atoms with Crippen molar-refractivity contribution >= 4 is 32.7 Å². The predicted octanol–water partition coefficient (Wildman–Crippen LogP) is 4.51. The summed E-state index contributed by atoms with van der Waals surface area (Å²) in [7, 11) is 3.16. The fraction of sp³-hybridized carbons (Fsp3) is 0.346. The molecule has 5 rings (SSSR count). The summed E-state index contributed by atoms with van der Waals surface area (Å²) >= 11 is 1.69. The van der Waals surface area contributed by atoms with Crippen LogP contribution in [-0.2, 0) is 0 Å². The molecule has 1 aliphatic heterocycles. The molecule has 0 aliphatic carbocycles. The van der Waals surface area contributed by atoms with Crippen LogP contribution in [-0.4, -0.2) is 54.0 Å². The van der Waals surface area contributed by atoms with Gasteiger partial charge in [-0.15, -0.1) is 0 Å². The van der Waals surface area contributed by atoms with Crippen LogP contribution in [0.15, 0.2) is 42.5 Å². The minimum absolute atomic E-state index is 0.106. The summed E-state index contributed by atoms with van der Waals surface area (Å²) in [5.41, 5.74) is 4.63. The zero-order valence-corrected chi connectivity index (χ0v) is 21.2. The van der Waals surface area contributed by atoms with Gasteiger partial charge in [0.1, 0.15) is 11.5 Å². The van der Waals surface area contributed by atoms with Gasteiger partial charge in [-0.3, -0.25) is 4.79 Å². The molecule has 0 bridgehead atoms. The molecular formula is C26H29N5O3S. The molecule has 35 heavy (non-hydrogen) atoms. The molecule has 0 spiro atoms. The van der Waals surface area contributed by atoms with Gasteiger partial charge in [-0.25, -0.2) is 4.68 Å². The number of aryl methyl sites for hydroxylation is 2. The first-order valence-electron chi connectivity index (χ1n) is 11.7. The van der Waals surface area contributed by atoms with E-state index in [1.807, 2.05) is 17.7 Å². The van der Waals surface area contributed by atoms with E-state index in [0.29, 0.717) is 17.1 Å². The zero-order valence-electron chi connectivity index (χ0n) is 20.4. The second-order valence-electron chi connectivity index (χ2n) is 8.82. The van der Waals surface area contributed by atoms with Crippen molar-refractivity contribution in [2.24, 2.45) is 0 Å². The summed E-state index contributed by atoms with van der Waals surface area (Å²) in [6.07, 6.45) is 1.71. The van der Waals surface area contributed by atoms with Crippen LogP contribution in [0.25, 0.3) is 16.0 Å². The molecule has 0 unspecified atom stereocenters. The van der Waals surface area contributed by atoms with Crippen LogP contribution in [0, 0.1) is 13.8 Å². The summed E-state index contributed by atoms with van der Waals surface area (Å²) in [6, 6.07) is 13.6. The molecule has 1 N–H and O–H groups in total. The Morgan fingerprint density at radius 3 is 2.43 bits per heavy atom. The Hall–Kier alpha value is -3.59. The molecule has 0 atom stereocenters. The van der Waals surface area contributed by atoms with E-state index >= 15 is 0 Å². The molecular weight excluding hydrogens is 462 g/mol. The summed E-state index contributed by atoms with van der Waals surface area (Å²) in [5, 5.41) is 8.90. The van der Waals surface area contributed by atoms with Crippen molar-refractivity contribution in [2.45, 2.75) is 32.7 Å². The van der Waals surface area contributed by atoms with E-state index in [2.05, 4.69) is 35.3 Å². The largest absolute Gasteiger partial charge is 0.497 e. The van der Waals surface area contributed by atoms with Gasteiger partial charge < -0.3 is 19.7 Å². The highest BCUT2D eigenvalue weighted by Crippen LogP contribution is 2.34. The maximum absolute atomic E-state index is 12.9. The van der Waals surface area contributed by atoms with Crippen LogP contribution in [0.1, 0.15) is 34.5 Å². The molecule has 1 amide bonds. The third kappa shape index (κ3) is 4.68. The summed E-state index contributed by atoms with van der Waals surface area (Å²) < 4.78 is 13.6. The van der Waals surface area contributed by atoms with Crippen molar-refractivity contribution in [3.8, 4) is 17.2 Å². The maximum atomic E-state index is 12.9. The van der Waals surface area contributed by atoms with Gasteiger partial charge in [-0.1, -0.05) is 23.5 Å². The number of fused-ring (bicyclic) bond motifs is 1. The minimum atomic E-state index is -0.116. The number of amides is 1. The van der Waals surface area contributed by atoms with Crippen LogP contribution >= 0.6 is 11.3 Å². The Kier molecular flexibility index (Phi) is 6.34. The third-order valence-corrected chi connectivity index (χ3v) is 7.55. The molecule has 2 aromatic heterocycles. The summed E-state index contributed by atoms with van der Waals surface area (Å²) in [6.45, 7) is 5.78. The normalized spacial score (nSPS) is 14.3. The highest BCUT2D eigenvalue weighted by molar-refractivity contribution is 7.22. The number of methoxy groups -OCH3 is 2. The number of thiazole rings is 1. The summed E-state index contributed by atoms with van der Waals surface area (Å²) in [4.78, 5) is 20.1. The predicted molar refractivity (Wildman–Crippen MR) is 138 cm³/mol. The van der Waals surface area contributed by atoms with Crippen LogP contribution in [0.2, 0.25) is 0 Å². The van der Waals surface area contributed by atoms with E-state index in [4.69, 9.17) is 19.6 Å². The van der Waals surface area contributed by atoms with Crippen LogP contribution < -0.4 is 19.7 Å². The zero-order chi connectivity index (χ0) is 24.5. The van der Waals surface area contributed by atoms with Crippen molar-refractivity contribution in [1.82, 2.24) is 20.1 Å². The second-order valence-corrected chi connectivity index (χ2v) is 9.80. The molecule has 3 heterocycles. The van der Waals surface area contributed by atoms with Crippen LogP contribution in [0.3, 0.4) is 0 Å². The molecule has 8 nitrogen and oxygen atoms in total. The number of carbonyl (C=O) groups excluding carboxylic acids is 1. The molecule has 1 saturated heterocycles. The Bertz CT molecular complexity index is 1350. The molecule has 0 radical (unpaired) electrons. The fourth-order valence-corrected chi connectivity index (χ4v) is 5.46. The minimum Gasteiger partial charge on any atom is -0.497 e. The third-order valence-electron chi connectivity index (χ3n) is 6.34. The van der Waals surface area contributed by atoms with E-state index in [1.54, 1.807) is 43.8 Å². The van der Waals surface area contributed by atoms with Crippen LogP contribution in [0.5, 0.6) is 11.5 Å². The van der Waals surface area contributed by atoms with Gasteiger partial charge in [0.2, 0.25) is 0 Å². The highest BCUT2D eigenvalue weighted by Gasteiger charge is 2.25. The average molecular weight is 492 g/mol. The molecule has 4 aromatic rings. The molecule has 2 aromatic carbocycles. The van der Waals surface area contributed by atoms with Gasteiger partial charge >= 0.3 is 0 Å². The topological polar surface area (TPSA) is 81.5 Å². The van der Waals surface area contributed by atoms with Gasteiger partial charge in [0.05, 0.1) is 30.3 Å². The lowest BCUT2D eigenvalue weighted by atomic mass is 10.0. The van der Waals surface area contributed by atoms with E-state index in [-0.39, 0.29) is 11.9 Å². The first-order chi connectivity index (χ1) is 16.9. The maximum Gasteiger partial charge on any atom is 0.251 e. The van der Waals surface area contributed by atoms with Crippen LogP contribution in [0.4, 0.5) is 5.13 Å². The van der Waals surface area contributed by atoms with Crippen molar-refractivity contribution < 1.29 is 14.3 Å². The SMILES string of the molecule is COc1cc(OC)cc(C(=O)NC2CCN(c3nc4c(s3)c(C)nn4-c3cccc(C)c3)CC2)c1. The summed E-state index contributed by atoms with van der Waals surface area (Å²) in [5.74, 6) is 1.08. The number of nitrogens with zero attached hydrogens (tertiary/aromatic N) is 4. The average Bonchev–Trinajstić information content (AvgIpc) is 3.44. The number of benzene rings is 2. The van der Waals surface area contributed by atoms with Crippen molar-refractivity contribution in [1.29, 1.82) is 0 Å². The van der Waals surface area contributed by atoms with Crippen molar-refractivity contribution in [3.63, 3.8) is 0 Å². The fourth-order valence-electron chi connectivity index (χ4n) is 4.42. The monoisotopic (exact) mass is 491 g/mol. The van der Waals surface area contributed by atoms with E-state index in [1.165, 1.54) is 5.56 Å². The molecule has 0 saturated carbocycles. The van der Waals surface area contributed by atoms with E-state index in [9.17, 15) is 4.79 Å². The highest BCUT2D eigenvalue weighted by atomic mass is 32.1. The Labute approximate surface area is 208 Å². The quantitative estimate of drug-likeness (QED) is 0.427. The van der Waals surface area contributed by atoms with Gasteiger partial charge in [0.25, 0.3) is 5.91 Å². The van der Waals surface area contributed by atoms with Gasteiger partial charge in [-0.05, 0) is 56.5 Å². The molecule has 1 fully saturated rings. The lowest BCUT2D eigenvalue weighted by Gasteiger charge is -2.32. The number of carbonyl (C=O) groups is 1. The number of anilines is 1. The number of rotatable bonds is 6. The Morgan fingerprint density at radius 1 is 1.06 bits per heavy atom. The van der Waals surface area contributed by atoms with Crippen molar-refractivity contribution in [3.05, 3.63) is 59.3 Å². The van der Waals surface area contributed by atoms with E-state index < -0.39 is 0 Å². The lowest BCUT2D eigenvalue weighted by molar-refractivity contribution is 0.0930. The van der Waals surface area contributed by atoms with Gasteiger partial charge in [-0.2, -0.15) is 10.1 Å². The molecule has 1 aliphatic rings. The molecule has 182 valence electrons. The van der Waals surface area contributed by atoms with Crippen molar-refractivity contribution in [2.75, 3.05) is 32.2 Å². The number of hydrogen-bond acceptors (Lipinski definition) is 7. The Balaban J connectivity index is 1.27. The smallest absolute Gasteiger partial charge is 0.251 e. The van der Waals surface area contributed by atoms with Gasteiger partial charge in [0, 0.05) is 30.8 Å². The number of ether oxygens (including phenoxy) is 2. The number of nitrogens with one attached hydrogen (secondary N) is 1. The first kappa shape index (κ1) is 23.2. The molecule has 9 heteroatoms. The number of piperidine rings is 1. The lowest BCUT2D eigenvalue weighted by Crippen LogP contribution is -2.44. The van der Waals surface area contributed by atoms with Gasteiger partial charge in [0.15, 0.2) is 10.8 Å². The standard InChI is InChI=1S/C26H29N5O3S/c1-16-6-5-7-20(12-16)31-24-23(17(2)29-31)35-26(28-24)30-10-8-19(9-11-30)27-25(32)18-13-21(33-3)15-22(14-18)34-4/h5-7,12-15,19H,8-11H2,1-4H3,(H,27,32). The first-order valence-corrected chi connectivity index (χ1v) is 12.5. The number of hydrogen-bond donors (Lipinski definition) is 1. The second kappa shape index (κ2) is 9.58.